The van der Waals surface area contributed by atoms with E-state index in [1.54, 1.807) is 18.2 Å². The van der Waals surface area contributed by atoms with Gasteiger partial charge in [-0.1, -0.05) is 6.07 Å². The molecule has 100 valence electrons. The van der Waals surface area contributed by atoms with Crippen molar-refractivity contribution in [3.8, 4) is 0 Å². The Hall–Kier alpha value is -1.07. The van der Waals surface area contributed by atoms with E-state index in [9.17, 15) is 8.42 Å². The van der Waals surface area contributed by atoms with E-state index in [4.69, 9.17) is 10.5 Å². The van der Waals surface area contributed by atoms with Crippen LogP contribution in [0.4, 0.5) is 5.69 Å². The van der Waals surface area contributed by atoms with Gasteiger partial charge in [-0.3, -0.25) is 0 Å². The van der Waals surface area contributed by atoms with Crippen molar-refractivity contribution in [2.24, 2.45) is 5.92 Å². The lowest BCUT2D eigenvalue weighted by Gasteiger charge is -2.22. The maximum Gasteiger partial charge on any atom is 0.180 e. The number of ether oxygens (including phenoxy) is 1. The average molecular weight is 269 g/mol. The standard InChI is InChI=1S/C13H19NO3S/c1-10-2-3-13(12(14)8-10)18(15,16)9-11-4-6-17-7-5-11/h2-3,8,11H,4-7,9,14H2,1H3. The first-order valence-electron chi connectivity index (χ1n) is 6.15. The van der Waals surface area contributed by atoms with Crippen molar-refractivity contribution < 1.29 is 13.2 Å². The Labute approximate surface area is 108 Å². The van der Waals surface area contributed by atoms with Crippen LogP contribution >= 0.6 is 0 Å². The summed E-state index contributed by atoms with van der Waals surface area (Å²) in [5.41, 5.74) is 7.13. The van der Waals surface area contributed by atoms with Gasteiger partial charge < -0.3 is 10.5 Å². The summed E-state index contributed by atoms with van der Waals surface area (Å²) in [6.07, 6.45) is 1.62. The summed E-state index contributed by atoms with van der Waals surface area (Å²) < 4.78 is 29.9. The molecule has 1 aromatic carbocycles. The van der Waals surface area contributed by atoms with Gasteiger partial charge in [0.1, 0.15) is 0 Å². The van der Waals surface area contributed by atoms with E-state index in [1.165, 1.54) is 0 Å². The molecule has 0 atom stereocenters. The fourth-order valence-corrected chi connectivity index (χ4v) is 4.09. The van der Waals surface area contributed by atoms with Crippen molar-refractivity contribution >= 4 is 15.5 Å². The molecular formula is C13H19NO3S. The number of nitrogen functional groups attached to an aromatic ring is 1. The highest BCUT2D eigenvalue weighted by atomic mass is 32.2. The number of hydrogen-bond donors (Lipinski definition) is 1. The van der Waals surface area contributed by atoms with Gasteiger partial charge in [-0.05, 0) is 43.4 Å². The molecule has 1 heterocycles. The first-order valence-corrected chi connectivity index (χ1v) is 7.81. The molecule has 0 spiro atoms. The van der Waals surface area contributed by atoms with E-state index >= 15 is 0 Å². The van der Waals surface area contributed by atoms with E-state index < -0.39 is 9.84 Å². The summed E-state index contributed by atoms with van der Waals surface area (Å²) >= 11 is 0. The van der Waals surface area contributed by atoms with Crippen LogP contribution in [-0.4, -0.2) is 27.4 Å². The lowest BCUT2D eigenvalue weighted by atomic mass is 10.0. The number of anilines is 1. The van der Waals surface area contributed by atoms with Gasteiger partial charge in [-0.25, -0.2) is 8.42 Å². The second kappa shape index (κ2) is 5.28. The summed E-state index contributed by atoms with van der Waals surface area (Å²) in [7, 11) is -3.29. The van der Waals surface area contributed by atoms with Gasteiger partial charge in [0.2, 0.25) is 0 Å². The minimum atomic E-state index is -3.29. The van der Waals surface area contributed by atoms with Gasteiger partial charge in [-0.2, -0.15) is 0 Å². The quantitative estimate of drug-likeness (QED) is 0.849. The zero-order valence-electron chi connectivity index (χ0n) is 10.6. The van der Waals surface area contributed by atoms with E-state index in [0.717, 1.165) is 18.4 Å². The molecule has 2 rings (SSSR count). The molecule has 18 heavy (non-hydrogen) atoms. The maximum absolute atomic E-state index is 12.3. The minimum absolute atomic E-state index is 0.170. The van der Waals surface area contributed by atoms with Crippen molar-refractivity contribution in [3.05, 3.63) is 23.8 Å². The van der Waals surface area contributed by atoms with Gasteiger partial charge in [0, 0.05) is 13.2 Å². The van der Waals surface area contributed by atoms with Crippen LogP contribution in [0.15, 0.2) is 23.1 Å². The van der Waals surface area contributed by atoms with Crippen molar-refractivity contribution in [2.45, 2.75) is 24.7 Å². The smallest absolute Gasteiger partial charge is 0.180 e. The second-order valence-electron chi connectivity index (χ2n) is 4.88. The third-order valence-electron chi connectivity index (χ3n) is 3.30. The number of sulfone groups is 1. The molecule has 1 saturated heterocycles. The molecule has 1 fully saturated rings. The van der Waals surface area contributed by atoms with Crippen molar-refractivity contribution in [1.82, 2.24) is 0 Å². The van der Waals surface area contributed by atoms with Crippen LogP contribution < -0.4 is 5.73 Å². The Morgan fingerprint density at radius 1 is 1.33 bits per heavy atom. The van der Waals surface area contributed by atoms with Crippen LogP contribution in [0.3, 0.4) is 0 Å². The molecule has 1 aliphatic rings. The number of aryl methyl sites for hydroxylation is 1. The predicted molar refractivity (Wildman–Crippen MR) is 71.2 cm³/mol. The fourth-order valence-electron chi connectivity index (χ4n) is 2.26. The molecule has 0 saturated carbocycles. The summed E-state index contributed by atoms with van der Waals surface area (Å²) in [5, 5.41) is 0. The first kappa shape index (κ1) is 13.4. The van der Waals surface area contributed by atoms with Crippen LogP contribution in [0.1, 0.15) is 18.4 Å². The molecule has 1 aliphatic heterocycles. The zero-order valence-corrected chi connectivity index (χ0v) is 11.4. The monoisotopic (exact) mass is 269 g/mol. The summed E-state index contributed by atoms with van der Waals surface area (Å²) in [4.78, 5) is 0.264. The van der Waals surface area contributed by atoms with Gasteiger partial charge in [0.05, 0.1) is 16.3 Å². The zero-order chi connectivity index (χ0) is 13.2. The Bertz CT molecular complexity index is 519. The van der Waals surface area contributed by atoms with Gasteiger partial charge in [0.15, 0.2) is 9.84 Å². The lowest BCUT2D eigenvalue weighted by Crippen LogP contribution is -2.24. The molecule has 1 aromatic rings. The minimum Gasteiger partial charge on any atom is -0.398 e. The van der Waals surface area contributed by atoms with E-state index in [0.29, 0.717) is 18.9 Å². The highest BCUT2D eigenvalue weighted by Crippen LogP contribution is 2.25. The highest BCUT2D eigenvalue weighted by molar-refractivity contribution is 7.91. The van der Waals surface area contributed by atoms with Crippen LogP contribution in [0.25, 0.3) is 0 Å². The number of rotatable bonds is 3. The van der Waals surface area contributed by atoms with Crippen molar-refractivity contribution in [2.75, 3.05) is 24.7 Å². The molecule has 0 aliphatic carbocycles. The van der Waals surface area contributed by atoms with Crippen LogP contribution in [0.5, 0.6) is 0 Å². The van der Waals surface area contributed by atoms with Gasteiger partial charge >= 0.3 is 0 Å². The van der Waals surface area contributed by atoms with Gasteiger partial charge in [0.25, 0.3) is 0 Å². The molecule has 2 N–H and O–H groups in total. The molecule has 5 heteroatoms. The number of hydrogen-bond acceptors (Lipinski definition) is 4. The fraction of sp³-hybridized carbons (Fsp3) is 0.538. The molecule has 0 amide bonds. The molecule has 0 aromatic heterocycles. The van der Waals surface area contributed by atoms with Crippen molar-refractivity contribution in [1.29, 1.82) is 0 Å². The SMILES string of the molecule is Cc1ccc(S(=O)(=O)CC2CCOCC2)c(N)c1. The predicted octanol–water partition coefficient (Wildman–Crippen LogP) is 1.78. The maximum atomic E-state index is 12.3. The average Bonchev–Trinajstić information content (AvgIpc) is 2.29. The van der Waals surface area contributed by atoms with E-state index in [-0.39, 0.29) is 16.6 Å². The molecular weight excluding hydrogens is 250 g/mol. The van der Waals surface area contributed by atoms with Crippen LogP contribution in [0.2, 0.25) is 0 Å². The Kier molecular flexibility index (Phi) is 3.92. The molecule has 0 radical (unpaired) electrons. The number of nitrogens with two attached hydrogens (primary N) is 1. The van der Waals surface area contributed by atoms with Gasteiger partial charge in [-0.15, -0.1) is 0 Å². The largest absolute Gasteiger partial charge is 0.398 e. The number of benzene rings is 1. The molecule has 0 bridgehead atoms. The lowest BCUT2D eigenvalue weighted by molar-refractivity contribution is 0.0723. The highest BCUT2D eigenvalue weighted by Gasteiger charge is 2.24. The third-order valence-corrected chi connectivity index (χ3v) is 5.25. The van der Waals surface area contributed by atoms with Crippen molar-refractivity contribution in [3.63, 3.8) is 0 Å². The Morgan fingerprint density at radius 3 is 2.61 bits per heavy atom. The summed E-state index contributed by atoms with van der Waals surface area (Å²) in [5.74, 6) is 0.355. The van der Waals surface area contributed by atoms with E-state index in [1.807, 2.05) is 6.92 Å². The third kappa shape index (κ3) is 3.03. The summed E-state index contributed by atoms with van der Waals surface area (Å²) in [6, 6.07) is 5.10. The van der Waals surface area contributed by atoms with Crippen LogP contribution in [-0.2, 0) is 14.6 Å². The normalized spacial score (nSPS) is 17.8. The Morgan fingerprint density at radius 2 is 2.00 bits per heavy atom. The van der Waals surface area contributed by atoms with Crippen LogP contribution in [0, 0.1) is 12.8 Å². The topological polar surface area (TPSA) is 69.4 Å². The second-order valence-corrected chi connectivity index (χ2v) is 6.88. The Balaban J connectivity index is 2.19. The van der Waals surface area contributed by atoms with E-state index in [2.05, 4.69) is 0 Å². The first-order chi connectivity index (χ1) is 8.49. The summed E-state index contributed by atoms with van der Waals surface area (Å²) in [6.45, 7) is 3.21. The molecule has 0 unspecified atom stereocenters. The molecule has 4 nitrogen and oxygen atoms in total.